The van der Waals surface area contributed by atoms with Crippen LogP contribution in [0.4, 0.5) is 5.95 Å². The number of hydrogen-bond donors (Lipinski definition) is 0. The molecule has 0 radical (unpaired) electrons. The SMILES string of the molecule is CC(=O)SC1CC(=O)N(c2ncc3c(Cl)cccc3n2)C1. The quantitative estimate of drug-likeness (QED) is 0.851. The molecule has 2 heterocycles. The number of halogens is 1. The molecule has 108 valence electrons. The van der Waals surface area contributed by atoms with Crippen LogP contribution in [0.3, 0.4) is 0 Å². The minimum atomic E-state index is -0.0601. The molecule has 1 aromatic heterocycles. The van der Waals surface area contributed by atoms with Gasteiger partial charge in [-0.25, -0.2) is 9.97 Å². The van der Waals surface area contributed by atoms with E-state index in [0.717, 1.165) is 5.39 Å². The van der Waals surface area contributed by atoms with Gasteiger partial charge in [-0.3, -0.25) is 14.5 Å². The van der Waals surface area contributed by atoms with Crippen LogP contribution in [0, 0.1) is 0 Å². The Bertz CT molecular complexity index is 737. The van der Waals surface area contributed by atoms with E-state index in [0.29, 0.717) is 29.5 Å². The number of hydrogen-bond acceptors (Lipinski definition) is 5. The first-order valence-corrected chi connectivity index (χ1v) is 7.69. The van der Waals surface area contributed by atoms with Gasteiger partial charge < -0.3 is 0 Å². The second kappa shape index (κ2) is 5.61. The van der Waals surface area contributed by atoms with E-state index in [1.54, 1.807) is 12.3 Å². The van der Waals surface area contributed by atoms with Crippen molar-refractivity contribution in [3.63, 3.8) is 0 Å². The van der Waals surface area contributed by atoms with Gasteiger partial charge in [-0.05, 0) is 12.1 Å². The van der Waals surface area contributed by atoms with E-state index in [1.165, 1.54) is 23.6 Å². The molecule has 1 saturated heterocycles. The number of aromatic nitrogens is 2. The third-order valence-electron chi connectivity index (χ3n) is 3.22. The van der Waals surface area contributed by atoms with Gasteiger partial charge in [0, 0.05) is 36.7 Å². The number of thioether (sulfide) groups is 1. The summed E-state index contributed by atoms with van der Waals surface area (Å²) in [6, 6.07) is 5.41. The van der Waals surface area contributed by atoms with Crippen LogP contribution in [0.5, 0.6) is 0 Å². The Morgan fingerprint density at radius 2 is 2.29 bits per heavy atom. The maximum atomic E-state index is 12.1. The van der Waals surface area contributed by atoms with Gasteiger partial charge in [-0.2, -0.15) is 0 Å². The lowest BCUT2D eigenvalue weighted by atomic mass is 10.2. The zero-order valence-corrected chi connectivity index (χ0v) is 12.8. The van der Waals surface area contributed by atoms with Gasteiger partial charge in [-0.15, -0.1) is 0 Å². The van der Waals surface area contributed by atoms with Crippen LogP contribution in [-0.4, -0.2) is 32.8 Å². The molecule has 1 atom stereocenters. The zero-order chi connectivity index (χ0) is 15.0. The Kier molecular flexibility index (Phi) is 3.82. The Morgan fingerprint density at radius 1 is 1.48 bits per heavy atom. The van der Waals surface area contributed by atoms with Crippen LogP contribution in [0.2, 0.25) is 5.02 Å². The Labute approximate surface area is 130 Å². The smallest absolute Gasteiger partial charge is 0.232 e. The van der Waals surface area contributed by atoms with Crippen molar-refractivity contribution < 1.29 is 9.59 Å². The normalized spacial score (nSPS) is 18.5. The van der Waals surface area contributed by atoms with Crippen molar-refractivity contribution in [1.29, 1.82) is 0 Å². The van der Waals surface area contributed by atoms with E-state index >= 15 is 0 Å². The van der Waals surface area contributed by atoms with Crippen LogP contribution in [0.15, 0.2) is 24.4 Å². The molecule has 21 heavy (non-hydrogen) atoms. The average molecular weight is 322 g/mol. The van der Waals surface area contributed by atoms with Crippen molar-refractivity contribution in [3.05, 3.63) is 29.4 Å². The Hall–Kier alpha value is -1.66. The van der Waals surface area contributed by atoms with Gasteiger partial charge >= 0.3 is 0 Å². The molecule has 1 unspecified atom stereocenters. The van der Waals surface area contributed by atoms with Gasteiger partial charge in [0.15, 0.2) is 5.12 Å². The second-order valence-electron chi connectivity index (χ2n) is 4.78. The molecule has 1 aliphatic heterocycles. The lowest BCUT2D eigenvalue weighted by Gasteiger charge is -2.14. The topological polar surface area (TPSA) is 63.2 Å². The zero-order valence-electron chi connectivity index (χ0n) is 11.2. The molecule has 1 fully saturated rings. The van der Waals surface area contributed by atoms with E-state index in [9.17, 15) is 9.59 Å². The predicted octanol–water partition coefficient (Wildman–Crippen LogP) is 2.67. The van der Waals surface area contributed by atoms with Crippen LogP contribution < -0.4 is 4.90 Å². The summed E-state index contributed by atoms with van der Waals surface area (Å²) in [7, 11) is 0. The molecule has 3 rings (SSSR count). The minimum absolute atomic E-state index is 0.0147. The maximum Gasteiger partial charge on any atom is 0.232 e. The summed E-state index contributed by atoms with van der Waals surface area (Å²) >= 11 is 7.27. The van der Waals surface area contributed by atoms with Crippen LogP contribution in [0.25, 0.3) is 10.9 Å². The number of carbonyl (C=O) groups excluding carboxylic acids is 2. The summed E-state index contributed by atoms with van der Waals surface area (Å²) in [6.07, 6.45) is 1.96. The fourth-order valence-corrected chi connectivity index (χ4v) is 3.46. The number of rotatable bonds is 2. The van der Waals surface area contributed by atoms with E-state index < -0.39 is 0 Å². The molecule has 0 bridgehead atoms. The molecule has 0 saturated carbocycles. The summed E-state index contributed by atoms with van der Waals surface area (Å²) in [5, 5.41) is 1.32. The van der Waals surface area contributed by atoms with Crippen molar-refractivity contribution in [2.75, 3.05) is 11.4 Å². The third kappa shape index (κ3) is 2.87. The summed E-state index contributed by atoms with van der Waals surface area (Å²) in [6.45, 7) is 1.96. The van der Waals surface area contributed by atoms with E-state index in [4.69, 9.17) is 11.6 Å². The molecular weight excluding hydrogens is 310 g/mol. The molecule has 5 nitrogen and oxygen atoms in total. The fraction of sp³-hybridized carbons (Fsp3) is 0.286. The first-order chi connectivity index (χ1) is 10.0. The van der Waals surface area contributed by atoms with Crippen molar-refractivity contribution >= 4 is 51.2 Å². The monoisotopic (exact) mass is 321 g/mol. The van der Waals surface area contributed by atoms with Gasteiger partial charge in [-0.1, -0.05) is 29.4 Å². The highest BCUT2D eigenvalue weighted by molar-refractivity contribution is 8.14. The van der Waals surface area contributed by atoms with Gasteiger partial charge in [0.1, 0.15) is 0 Å². The molecule has 1 aromatic carbocycles. The largest absolute Gasteiger partial charge is 0.288 e. The van der Waals surface area contributed by atoms with Gasteiger partial charge in [0.25, 0.3) is 0 Å². The highest BCUT2D eigenvalue weighted by Crippen LogP contribution is 2.28. The average Bonchev–Trinajstić information content (AvgIpc) is 2.78. The van der Waals surface area contributed by atoms with E-state index in [-0.39, 0.29) is 16.3 Å². The molecule has 1 aliphatic rings. The standard InChI is InChI=1S/C14H12ClN3O2S/c1-8(19)21-9-5-13(20)18(7-9)14-16-6-10-11(15)3-2-4-12(10)17-14/h2-4,6,9H,5,7H2,1H3. The second-order valence-corrected chi connectivity index (χ2v) is 6.67. The number of amides is 1. The summed E-state index contributed by atoms with van der Waals surface area (Å²) in [5.41, 5.74) is 0.697. The van der Waals surface area contributed by atoms with Crippen molar-refractivity contribution in [2.45, 2.75) is 18.6 Å². The molecule has 0 aliphatic carbocycles. The number of carbonyl (C=O) groups is 2. The van der Waals surface area contributed by atoms with Crippen LogP contribution >= 0.6 is 23.4 Å². The molecule has 0 spiro atoms. The summed E-state index contributed by atoms with van der Waals surface area (Å²) < 4.78 is 0. The fourth-order valence-electron chi connectivity index (χ4n) is 2.32. The molecule has 2 aromatic rings. The number of fused-ring (bicyclic) bond motifs is 1. The summed E-state index contributed by atoms with van der Waals surface area (Å²) in [4.78, 5) is 33.4. The minimum Gasteiger partial charge on any atom is -0.288 e. The van der Waals surface area contributed by atoms with Crippen molar-refractivity contribution in [3.8, 4) is 0 Å². The van der Waals surface area contributed by atoms with Gasteiger partial charge in [0.2, 0.25) is 11.9 Å². The predicted molar refractivity (Wildman–Crippen MR) is 83.6 cm³/mol. The Morgan fingerprint density at radius 3 is 3.05 bits per heavy atom. The molecule has 1 amide bonds. The number of anilines is 1. The van der Waals surface area contributed by atoms with Crippen LogP contribution in [-0.2, 0) is 9.59 Å². The third-order valence-corrected chi connectivity index (χ3v) is 4.53. The summed E-state index contributed by atoms with van der Waals surface area (Å²) in [5.74, 6) is 0.302. The van der Waals surface area contributed by atoms with Crippen molar-refractivity contribution in [2.24, 2.45) is 0 Å². The van der Waals surface area contributed by atoms with Crippen molar-refractivity contribution in [1.82, 2.24) is 9.97 Å². The first-order valence-electron chi connectivity index (χ1n) is 6.43. The molecule has 7 heteroatoms. The molecular formula is C14H12ClN3O2S. The lowest BCUT2D eigenvalue weighted by Crippen LogP contribution is -2.27. The van der Waals surface area contributed by atoms with E-state index in [2.05, 4.69) is 9.97 Å². The van der Waals surface area contributed by atoms with Crippen LogP contribution in [0.1, 0.15) is 13.3 Å². The number of nitrogens with zero attached hydrogens (tertiary/aromatic N) is 3. The Balaban J connectivity index is 1.90. The lowest BCUT2D eigenvalue weighted by molar-refractivity contribution is -0.117. The molecule has 0 N–H and O–H groups in total. The highest BCUT2D eigenvalue weighted by Gasteiger charge is 2.33. The number of benzene rings is 1. The highest BCUT2D eigenvalue weighted by atomic mass is 35.5. The van der Waals surface area contributed by atoms with E-state index in [1.807, 2.05) is 12.1 Å². The first kappa shape index (κ1) is 14.3. The maximum absolute atomic E-state index is 12.1. The van der Waals surface area contributed by atoms with Gasteiger partial charge in [0.05, 0.1) is 10.5 Å².